The molecule has 3 aromatic rings. The average molecular weight is 503 g/mol. The van der Waals surface area contributed by atoms with Crippen molar-refractivity contribution >= 4 is 58.7 Å². The van der Waals surface area contributed by atoms with Gasteiger partial charge in [-0.25, -0.2) is 0 Å². The molecule has 0 bridgehead atoms. The van der Waals surface area contributed by atoms with Crippen LogP contribution in [0.1, 0.15) is 0 Å². The van der Waals surface area contributed by atoms with Crippen molar-refractivity contribution in [1.29, 1.82) is 0 Å². The number of benzene rings is 3. The van der Waals surface area contributed by atoms with Crippen LogP contribution in [0.4, 0.5) is 17.1 Å². The summed E-state index contributed by atoms with van der Waals surface area (Å²) in [6.45, 7) is 0. The van der Waals surface area contributed by atoms with Crippen LogP contribution in [0.2, 0.25) is 0 Å². The number of rotatable bonds is 4. The maximum absolute atomic E-state index is 11.4. The molecule has 0 spiro atoms. The molecule has 0 radical (unpaired) electrons. The van der Waals surface area contributed by atoms with Gasteiger partial charge in [0.15, 0.2) is 5.75 Å². The first-order chi connectivity index (χ1) is 14.7. The third kappa shape index (κ3) is 6.28. The highest BCUT2D eigenvalue weighted by atomic mass is 32.2. The zero-order valence-electron chi connectivity index (χ0n) is 15.5. The fourth-order valence-electron chi connectivity index (χ4n) is 2.46. The van der Waals surface area contributed by atoms with Crippen molar-refractivity contribution < 1.29 is 43.7 Å². The second kappa shape index (κ2) is 9.37. The van der Waals surface area contributed by atoms with E-state index in [1.807, 2.05) is 0 Å². The van der Waals surface area contributed by atoms with E-state index in [0.29, 0.717) is 5.39 Å². The number of aromatic hydroxyl groups is 1. The zero-order chi connectivity index (χ0) is 24.3. The summed E-state index contributed by atoms with van der Waals surface area (Å²) >= 11 is 0. The van der Waals surface area contributed by atoms with E-state index in [2.05, 4.69) is 10.2 Å². The lowest BCUT2D eigenvalue weighted by Crippen LogP contribution is -1.99. The molecular weight excluding hydrogens is 490 g/mol. The van der Waals surface area contributed by atoms with E-state index in [1.54, 1.807) is 0 Å². The smallest absolute Gasteiger partial charge is 0.425 e. The minimum Gasteiger partial charge on any atom is -0.505 e. The molecule has 5 N–H and O–H groups in total. The maximum atomic E-state index is 11.4. The van der Waals surface area contributed by atoms with Crippen molar-refractivity contribution in [3.05, 3.63) is 48.5 Å². The van der Waals surface area contributed by atoms with Crippen LogP contribution in [0, 0.1) is 0 Å². The Kier molecular flexibility index (Phi) is 7.27. The summed E-state index contributed by atoms with van der Waals surface area (Å²) in [5.74, 6) is -0.347. The number of fused-ring (bicyclic) bond motifs is 1. The fraction of sp³-hybridized carbons (Fsp3) is 0. The van der Waals surface area contributed by atoms with Crippen molar-refractivity contribution in [1.82, 2.24) is 0 Å². The van der Waals surface area contributed by atoms with Gasteiger partial charge in [-0.15, -0.1) is 22.9 Å². The molecule has 0 aromatic heterocycles. The largest absolute Gasteiger partial charge is 0.505 e. The molecule has 0 saturated heterocycles. The van der Waals surface area contributed by atoms with Crippen LogP contribution in [-0.4, -0.2) is 43.7 Å². The first-order valence-electron chi connectivity index (χ1n) is 7.99. The number of phenolic OH excluding ortho intramolecular Hbond substituents is 1. The Balaban J connectivity index is 0.000000837. The Hall–Kier alpha value is -3.44. The lowest BCUT2D eigenvalue weighted by molar-refractivity contribution is 0.480. The van der Waals surface area contributed by atoms with E-state index in [4.69, 9.17) is 22.9 Å². The second-order valence-corrected chi connectivity index (χ2v) is 9.12. The normalized spacial score (nSPS) is 11.8. The average Bonchev–Trinajstić information content (AvgIpc) is 2.65. The molecule has 32 heavy (non-hydrogen) atoms. The molecule has 0 unspecified atom stereocenters. The van der Waals surface area contributed by atoms with Crippen LogP contribution in [-0.2, 0) is 30.8 Å². The minimum absolute atomic E-state index is 0.0455. The summed E-state index contributed by atoms with van der Waals surface area (Å²) in [5, 5.41) is 18.4. The summed E-state index contributed by atoms with van der Waals surface area (Å²) in [7, 11) is -12.1. The van der Waals surface area contributed by atoms with E-state index in [-0.39, 0.29) is 33.1 Å². The highest BCUT2D eigenvalue weighted by molar-refractivity contribution is 7.86. The zero-order valence-corrected chi connectivity index (χ0v) is 18.0. The van der Waals surface area contributed by atoms with Gasteiger partial charge in [-0.2, -0.15) is 16.8 Å². The molecular formula is C16H13N3O10S3. The molecule has 13 nitrogen and oxygen atoms in total. The van der Waals surface area contributed by atoms with Gasteiger partial charge in [0.05, 0.1) is 4.90 Å². The van der Waals surface area contributed by atoms with Gasteiger partial charge >= 0.3 is 10.6 Å². The van der Waals surface area contributed by atoms with Crippen LogP contribution in [0.5, 0.6) is 5.75 Å². The standard InChI is InChI=1S/C16H13N3O7S2.O3S/c17-10-2-6-15(28(24,25)26)14(8-10)19-18-13-5-1-9-7-11(27(21,22)23)3-4-12(9)16(13)20;1-4(2)3/h1-8,20H,17H2,(H,21,22,23)(H,24,25,26);. The Bertz CT molecular complexity index is 1540. The Morgan fingerprint density at radius 3 is 1.94 bits per heavy atom. The summed E-state index contributed by atoms with van der Waals surface area (Å²) in [6, 6.07) is 9.81. The maximum Gasteiger partial charge on any atom is 0.425 e. The van der Waals surface area contributed by atoms with Crippen molar-refractivity contribution in [2.75, 3.05) is 5.73 Å². The number of hydrogen-bond acceptors (Lipinski definition) is 11. The third-order valence-corrected chi connectivity index (χ3v) is 5.52. The second-order valence-electron chi connectivity index (χ2n) is 5.90. The summed E-state index contributed by atoms with van der Waals surface area (Å²) in [6.07, 6.45) is 0. The van der Waals surface area contributed by atoms with Crippen molar-refractivity contribution in [2.24, 2.45) is 10.2 Å². The molecule has 0 atom stereocenters. The highest BCUT2D eigenvalue weighted by Gasteiger charge is 2.16. The van der Waals surface area contributed by atoms with E-state index in [9.17, 15) is 26.5 Å². The van der Waals surface area contributed by atoms with Crippen LogP contribution in [0.3, 0.4) is 0 Å². The van der Waals surface area contributed by atoms with E-state index in [0.717, 1.165) is 12.1 Å². The minimum atomic E-state index is -4.57. The molecule has 0 saturated carbocycles. The molecule has 3 aromatic carbocycles. The molecule has 3 rings (SSSR count). The Morgan fingerprint density at radius 1 is 0.781 bits per heavy atom. The van der Waals surface area contributed by atoms with Crippen molar-refractivity contribution in [3.63, 3.8) is 0 Å². The number of anilines is 1. The number of nitrogens with zero attached hydrogens (tertiary/aromatic N) is 2. The topological polar surface area (TPSA) is 231 Å². The molecule has 0 heterocycles. The van der Waals surface area contributed by atoms with Crippen molar-refractivity contribution in [2.45, 2.75) is 9.79 Å². The van der Waals surface area contributed by atoms with Crippen LogP contribution >= 0.6 is 0 Å². The summed E-state index contributed by atoms with van der Waals surface area (Å²) < 4.78 is 88.9. The summed E-state index contributed by atoms with van der Waals surface area (Å²) in [4.78, 5) is -0.852. The fourth-order valence-corrected chi connectivity index (χ4v) is 3.58. The quantitative estimate of drug-likeness (QED) is 0.228. The number of nitrogen functional groups attached to an aromatic ring is 1. The number of phenols is 1. The van der Waals surface area contributed by atoms with Gasteiger partial charge in [-0.1, -0.05) is 6.07 Å². The first kappa shape index (κ1) is 24.8. The SMILES string of the molecule is Nc1ccc(S(=O)(=O)O)c(N=Nc2ccc3cc(S(=O)(=O)O)ccc3c2O)c1.O=S(=O)=O. The van der Waals surface area contributed by atoms with E-state index in [1.165, 1.54) is 36.4 Å². The predicted octanol–water partition coefficient (Wildman–Crippen LogP) is 2.03. The lowest BCUT2D eigenvalue weighted by atomic mass is 10.1. The van der Waals surface area contributed by atoms with Gasteiger partial charge in [0.25, 0.3) is 20.2 Å². The van der Waals surface area contributed by atoms with E-state index >= 15 is 0 Å². The Labute approximate surface area is 182 Å². The van der Waals surface area contributed by atoms with Crippen LogP contribution in [0.25, 0.3) is 10.8 Å². The number of nitrogens with two attached hydrogens (primary N) is 1. The van der Waals surface area contributed by atoms with Gasteiger partial charge in [-0.3, -0.25) is 9.11 Å². The Morgan fingerprint density at radius 2 is 1.38 bits per heavy atom. The molecule has 0 fully saturated rings. The van der Waals surface area contributed by atoms with Gasteiger partial charge < -0.3 is 10.8 Å². The van der Waals surface area contributed by atoms with Gasteiger partial charge in [0, 0.05) is 11.1 Å². The van der Waals surface area contributed by atoms with Gasteiger partial charge in [0.1, 0.15) is 16.3 Å². The third-order valence-electron chi connectivity index (χ3n) is 3.77. The predicted molar refractivity (Wildman–Crippen MR) is 110 cm³/mol. The first-order valence-corrected chi connectivity index (χ1v) is 11.9. The molecule has 170 valence electrons. The number of azo groups is 1. The molecule has 0 aliphatic carbocycles. The van der Waals surface area contributed by atoms with Gasteiger partial charge in [0.2, 0.25) is 0 Å². The lowest BCUT2D eigenvalue weighted by Gasteiger charge is -2.06. The summed E-state index contributed by atoms with van der Waals surface area (Å²) in [5.41, 5.74) is 5.50. The van der Waals surface area contributed by atoms with Crippen molar-refractivity contribution in [3.8, 4) is 5.75 Å². The molecule has 0 amide bonds. The van der Waals surface area contributed by atoms with Gasteiger partial charge in [-0.05, 0) is 47.9 Å². The highest BCUT2D eigenvalue weighted by Crippen LogP contribution is 2.37. The van der Waals surface area contributed by atoms with E-state index < -0.39 is 35.7 Å². The monoisotopic (exact) mass is 503 g/mol. The molecule has 0 aliphatic rings. The number of hydrogen-bond donors (Lipinski definition) is 4. The van der Waals surface area contributed by atoms with Crippen LogP contribution in [0.15, 0.2) is 68.6 Å². The molecule has 0 aliphatic heterocycles. The van der Waals surface area contributed by atoms with Crippen LogP contribution < -0.4 is 5.73 Å². The molecule has 16 heteroatoms.